The van der Waals surface area contributed by atoms with Gasteiger partial charge in [-0.3, -0.25) is 0 Å². The highest BCUT2D eigenvalue weighted by Crippen LogP contribution is 2.20. The van der Waals surface area contributed by atoms with E-state index in [1.807, 2.05) is 13.8 Å². The van der Waals surface area contributed by atoms with Crippen LogP contribution in [0.3, 0.4) is 0 Å². The molecule has 0 aromatic heterocycles. The zero-order valence-electron chi connectivity index (χ0n) is 7.98. The van der Waals surface area contributed by atoms with Crippen LogP contribution in [-0.4, -0.2) is 5.11 Å². The number of benzene rings is 1. The summed E-state index contributed by atoms with van der Waals surface area (Å²) in [6.07, 6.45) is 0. The second-order valence-corrected chi connectivity index (χ2v) is 2.32. The number of phenolic OH excluding ortho intramolecular Hbond substituents is 1. The van der Waals surface area contributed by atoms with Gasteiger partial charge < -0.3 is 5.11 Å². The molecule has 0 unspecified atom stereocenters. The van der Waals surface area contributed by atoms with Gasteiger partial charge in [-0.05, 0) is 37.1 Å². The molecule has 1 nitrogen and oxygen atoms in total. The standard InChI is InChI=1S/C8H9FO.C2H6/c1-5-6(2)8(10)4-3-7(5)9;1-2/h3-4,10H,1-2H3;1-2H3. The Kier molecular flexibility index (Phi) is 4.34. The van der Waals surface area contributed by atoms with Gasteiger partial charge in [-0.15, -0.1) is 0 Å². The first-order valence-corrected chi connectivity index (χ1v) is 4.07. The van der Waals surface area contributed by atoms with Gasteiger partial charge >= 0.3 is 0 Å². The Labute approximate surface area is 72.9 Å². The van der Waals surface area contributed by atoms with Crippen LogP contribution in [0.2, 0.25) is 0 Å². The Hall–Kier alpha value is -1.05. The Morgan fingerprint density at radius 1 is 1.08 bits per heavy atom. The maximum absolute atomic E-state index is 12.6. The Morgan fingerprint density at radius 3 is 2.00 bits per heavy atom. The molecule has 0 fully saturated rings. The summed E-state index contributed by atoms with van der Waals surface area (Å²) in [6, 6.07) is 2.62. The third-order valence-corrected chi connectivity index (χ3v) is 1.69. The number of rotatable bonds is 0. The van der Waals surface area contributed by atoms with Crippen LogP contribution in [0.25, 0.3) is 0 Å². The zero-order valence-corrected chi connectivity index (χ0v) is 7.98. The van der Waals surface area contributed by atoms with Crippen LogP contribution in [0.1, 0.15) is 25.0 Å². The van der Waals surface area contributed by atoms with Gasteiger partial charge in [0.2, 0.25) is 0 Å². The van der Waals surface area contributed by atoms with E-state index in [9.17, 15) is 4.39 Å². The highest BCUT2D eigenvalue weighted by atomic mass is 19.1. The van der Waals surface area contributed by atoms with Gasteiger partial charge in [-0.1, -0.05) is 13.8 Å². The highest BCUT2D eigenvalue weighted by molar-refractivity contribution is 5.37. The number of hydrogen-bond acceptors (Lipinski definition) is 1. The lowest BCUT2D eigenvalue weighted by atomic mass is 10.1. The van der Waals surface area contributed by atoms with Crippen LogP contribution in [-0.2, 0) is 0 Å². The molecule has 0 saturated carbocycles. The summed E-state index contributed by atoms with van der Waals surface area (Å²) in [5, 5.41) is 9.06. The number of aromatic hydroxyl groups is 1. The van der Waals surface area contributed by atoms with E-state index in [2.05, 4.69) is 0 Å². The van der Waals surface area contributed by atoms with Gasteiger partial charge in [0, 0.05) is 0 Å². The molecule has 1 N–H and O–H groups in total. The van der Waals surface area contributed by atoms with Gasteiger partial charge in [0.1, 0.15) is 11.6 Å². The van der Waals surface area contributed by atoms with Crippen molar-refractivity contribution in [3.05, 3.63) is 29.1 Å². The summed E-state index contributed by atoms with van der Waals surface area (Å²) in [5.74, 6) is -0.116. The van der Waals surface area contributed by atoms with Gasteiger partial charge in [0.05, 0.1) is 0 Å². The second-order valence-electron chi connectivity index (χ2n) is 2.32. The van der Waals surface area contributed by atoms with E-state index in [4.69, 9.17) is 5.11 Å². The van der Waals surface area contributed by atoms with Crippen molar-refractivity contribution in [2.75, 3.05) is 0 Å². The number of hydrogen-bond donors (Lipinski definition) is 1. The van der Waals surface area contributed by atoms with E-state index in [0.717, 1.165) is 0 Å². The van der Waals surface area contributed by atoms with Gasteiger partial charge in [0.15, 0.2) is 0 Å². The third-order valence-electron chi connectivity index (χ3n) is 1.69. The smallest absolute Gasteiger partial charge is 0.126 e. The van der Waals surface area contributed by atoms with Crippen molar-refractivity contribution in [2.45, 2.75) is 27.7 Å². The molecule has 0 aliphatic rings. The minimum absolute atomic E-state index is 0.152. The van der Waals surface area contributed by atoms with Crippen molar-refractivity contribution in [3.8, 4) is 5.75 Å². The number of halogens is 1. The molecule has 0 bridgehead atoms. The first-order valence-electron chi connectivity index (χ1n) is 4.07. The Morgan fingerprint density at radius 2 is 1.58 bits per heavy atom. The lowest BCUT2D eigenvalue weighted by Crippen LogP contribution is -1.86. The minimum atomic E-state index is -0.268. The van der Waals surface area contributed by atoms with E-state index < -0.39 is 0 Å². The molecule has 12 heavy (non-hydrogen) atoms. The highest BCUT2D eigenvalue weighted by Gasteiger charge is 2.02. The SMILES string of the molecule is CC.Cc1c(O)ccc(F)c1C. The molecule has 0 atom stereocenters. The minimum Gasteiger partial charge on any atom is -0.508 e. The molecule has 0 aliphatic heterocycles. The van der Waals surface area contributed by atoms with Crippen molar-refractivity contribution < 1.29 is 9.50 Å². The van der Waals surface area contributed by atoms with Crippen LogP contribution in [0.5, 0.6) is 5.75 Å². The monoisotopic (exact) mass is 170 g/mol. The molecular formula is C10H15FO. The predicted octanol–water partition coefficient (Wildman–Crippen LogP) is 3.17. The molecule has 1 aromatic carbocycles. The van der Waals surface area contributed by atoms with Crippen LogP contribution >= 0.6 is 0 Å². The van der Waals surface area contributed by atoms with Crippen LogP contribution in [0, 0.1) is 19.7 Å². The van der Waals surface area contributed by atoms with E-state index >= 15 is 0 Å². The van der Waals surface area contributed by atoms with Crippen molar-refractivity contribution >= 4 is 0 Å². The van der Waals surface area contributed by atoms with Crippen LogP contribution in [0.15, 0.2) is 12.1 Å². The first-order chi connectivity index (χ1) is 5.63. The van der Waals surface area contributed by atoms with Gasteiger partial charge in [-0.2, -0.15) is 0 Å². The normalized spacial score (nSPS) is 8.75. The molecule has 0 saturated heterocycles. The van der Waals surface area contributed by atoms with E-state index in [-0.39, 0.29) is 11.6 Å². The summed E-state index contributed by atoms with van der Waals surface area (Å²) in [7, 11) is 0. The lowest BCUT2D eigenvalue weighted by Gasteiger charge is -2.02. The predicted molar refractivity (Wildman–Crippen MR) is 48.9 cm³/mol. The summed E-state index contributed by atoms with van der Waals surface area (Å²) >= 11 is 0. The van der Waals surface area contributed by atoms with Crippen molar-refractivity contribution in [1.82, 2.24) is 0 Å². The molecule has 0 amide bonds. The zero-order chi connectivity index (χ0) is 9.72. The quantitative estimate of drug-likeness (QED) is 0.634. The van der Waals surface area contributed by atoms with Crippen LogP contribution < -0.4 is 0 Å². The molecule has 0 aliphatic carbocycles. The summed E-state index contributed by atoms with van der Waals surface area (Å²) < 4.78 is 12.6. The Balaban J connectivity index is 0.000000561. The first kappa shape index (κ1) is 11.0. The maximum Gasteiger partial charge on any atom is 0.126 e. The summed E-state index contributed by atoms with van der Waals surface area (Å²) in [4.78, 5) is 0. The molecule has 1 rings (SSSR count). The fourth-order valence-corrected chi connectivity index (χ4v) is 0.773. The van der Waals surface area contributed by atoms with E-state index in [1.54, 1.807) is 13.8 Å². The van der Waals surface area contributed by atoms with Gasteiger partial charge in [0.25, 0.3) is 0 Å². The fourth-order valence-electron chi connectivity index (χ4n) is 0.773. The van der Waals surface area contributed by atoms with E-state index in [0.29, 0.717) is 11.1 Å². The molecule has 0 heterocycles. The molecule has 0 spiro atoms. The van der Waals surface area contributed by atoms with Crippen LogP contribution in [0.4, 0.5) is 4.39 Å². The average molecular weight is 170 g/mol. The van der Waals surface area contributed by atoms with Gasteiger partial charge in [-0.25, -0.2) is 4.39 Å². The average Bonchev–Trinajstić information content (AvgIpc) is 2.12. The largest absolute Gasteiger partial charge is 0.508 e. The second kappa shape index (κ2) is 4.75. The summed E-state index contributed by atoms with van der Waals surface area (Å²) in [6.45, 7) is 7.33. The third kappa shape index (κ3) is 2.22. The molecular weight excluding hydrogens is 155 g/mol. The van der Waals surface area contributed by atoms with Crippen molar-refractivity contribution in [1.29, 1.82) is 0 Å². The molecule has 2 heteroatoms. The Bertz CT molecular complexity index is 229. The summed E-state index contributed by atoms with van der Waals surface area (Å²) in [5.41, 5.74) is 1.13. The number of phenols is 1. The van der Waals surface area contributed by atoms with E-state index in [1.165, 1.54) is 12.1 Å². The lowest BCUT2D eigenvalue weighted by molar-refractivity contribution is 0.467. The van der Waals surface area contributed by atoms with Crippen molar-refractivity contribution in [2.24, 2.45) is 0 Å². The fraction of sp³-hybridized carbons (Fsp3) is 0.400. The van der Waals surface area contributed by atoms with Crippen molar-refractivity contribution in [3.63, 3.8) is 0 Å². The molecule has 0 radical (unpaired) electrons. The molecule has 68 valence electrons. The molecule has 1 aromatic rings. The topological polar surface area (TPSA) is 20.2 Å². The maximum atomic E-state index is 12.6.